The van der Waals surface area contributed by atoms with Crippen LogP contribution >= 0.6 is 0 Å². The molecule has 0 unspecified atom stereocenters. The van der Waals surface area contributed by atoms with Gasteiger partial charge in [-0.15, -0.1) is 0 Å². The van der Waals surface area contributed by atoms with Crippen LogP contribution < -0.4 is 9.47 Å². The van der Waals surface area contributed by atoms with Crippen molar-refractivity contribution in [2.24, 2.45) is 0 Å². The van der Waals surface area contributed by atoms with Gasteiger partial charge in [-0.05, 0) is 53.6 Å². The molecule has 6 heteroatoms. The van der Waals surface area contributed by atoms with Crippen LogP contribution in [-0.2, 0) is 6.54 Å². The highest BCUT2D eigenvalue weighted by atomic mass is 16.7. The third kappa shape index (κ3) is 4.21. The minimum absolute atomic E-state index is 0.310. The number of benzene rings is 4. The maximum atomic E-state index is 11.0. The van der Waals surface area contributed by atoms with E-state index in [4.69, 9.17) is 19.6 Å². The first kappa shape index (κ1) is 21.3. The normalized spacial score (nSPS) is 10.9. The Morgan fingerprint density at radius 1 is 0.853 bits per heavy atom. The largest absolute Gasteiger partial charge is 0.511 e. The first-order valence-corrected chi connectivity index (χ1v) is 10.8. The van der Waals surface area contributed by atoms with E-state index in [-0.39, 0.29) is 0 Å². The molecule has 5 aromatic rings. The summed E-state index contributed by atoms with van der Waals surface area (Å²) in [4.78, 5) is 15.9. The molecule has 0 aliphatic rings. The van der Waals surface area contributed by atoms with Crippen molar-refractivity contribution in [2.45, 2.75) is 6.54 Å². The predicted octanol–water partition coefficient (Wildman–Crippen LogP) is 6.48. The van der Waals surface area contributed by atoms with Crippen LogP contribution in [0.1, 0.15) is 5.56 Å². The smallest absolute Gasteiger partial charge is 0.497 e. The van der Waals surface area contributed by atoms with Gasteiger partial charge in [0.2, 0.25) is 0 Å². The van der Waals surface area contributed by atoms with Gasteiger partial charge in [0, 0.05) is 17.7 Å². The minimum Gasteiger partial charge on any atom is -0.497 e. The molecule has 0 spiro atoms. The second-order valence-electron chi connectivity index (χ2n) is 7.80. The van der Waals surface area contributed by atoms with Gasteiger partial charge in [0.1, 0.15) is 17.3 Å². The van der Waals surface area contributed by atoms with Crippen molar-refractivity contribution in [3.05, 3.63) is 103 Å². The number of rotatable bonds is 6. The third-order valence-electron chi connectivity index (χ3n) is 5.69. The fraction of sp³-hybridized carbons (Fsp3) is 0.0714. The Morgan fingerprint density at radius 3 is 2.26 bits per heavy atom. The van der Waals surface area contributed by atoms with E-state index in [0.717, 1.165) is 44.9 Å². The Labute approximate surface area is 196 Å². The molecule has 4 aromatic carbocycles. The Hall–Kier alpha value is -4.58. The highest BCUT2D eigenvalue weighted by molar-refractivity contribution is 5.81. The minimum atomic E-state index is -1.33. The van der Waals surface area contributed by atoms with E-state index in [1.807, 2.05) is 78.9 Å². The van der Waals surface area contributed by atoms with Gasteiger partial charge in [-0.3, -0.25) is 0 Å². The maximum Gasteiger partial charge on any atom is 0.511 e. The van der Waals surface area contributed by atoms with E-state index in [1.54, 1.807) is 19.2 Å². The molecule has 0 fully saturated rings. The summed E-state index contributed by atoms with van der Waals surface area (Å²) >= 11 is 0. The summed E-state index contributed by atoms with van der Waals surface area (Å²) in [6.45, 7) is 0.634. The number of aromatic nitrogens is 2. The molecule has 168 valence electrons. The van der Waals surface area contributed by atoms with Crippen LogP contribution in [0, 0.1) is 0 Å². The molecule has 1 aromatic heterocycles. The molecule has 0 aliphatic heterocycles. The Bertz CT molecular complexity index is 1450. The highest BCUT2D eigenvalue weighted by Gasteiger charge is 2.14. The molecule has 0 aliphatic carbocycles. The highest BCUT2D eigenvalue weighted by Crippen LogP contribution is 2.31. The molecule has 6 nitrogen and oxygen atoms in total. The van der Waals surface area contributed by atoms with E-state index in [0.29, 0.717) is 12.3 Å². The molecular formula is C28H22N2O4. The maximum absolute atomic E-state index is 11.0. The summed E-state index contributed by atoms with van der Waals surface area (Å²) in [6.07, 6.45) is -1.33. The molecule has 34 heavy (non-hydrogen) atoms. The third-order valence-corrected chi connectivity index (χ3v) is 5.69. The second-order valence-corrected chi connectivity index (χ2v) is 7.80. The van der Waals surface area contributed by atoms with E-state index < -0.39 is 6.16 Å². The lowest BCUT2D eigenvalue weighted by molar-refractivity contribution is 0.144. The fourth-order valence-electron chi connectivity index (χ4n) is 4.06. The Kier molecular flexibility index (Phi) is 5.70. The zero-order valence-corrected chi connectivity index (χ0v) is 18.5. The Morgan fingerprint density at radius 2 is 1.53 bits per heavy atom. The van der Waals surface area contributed by atoms with Gasteiger partial charge in [0.05, 0.1) is 18.1 Å². The van der Waals surface area contributed by atoms with Crippen LogP contribution in [0.4, 0.5) is 4.79 Å². The monoisotopic (exact) mass is 450 g/mol. The standard InChI is InChI=1S/C28H22N2O4/c1-33-22-16-14-21(15-17-22)27-29-24-7-3-4-8-25(24)30(27)18-19-10-12-20(13-11-19)23-6-2-5-9-26(23)34-28(31)32/h2-17H,18H2,1H3,(H,31,32). The zero-order chi connectivity index (χ0) is 23.5. The number of methoxy groups -OCH3 is 1. The number of hydrogen-bond acceptors (Lipinski definition) is 4. The predicted molar refractivity (Wildman–Crippen MR) is 131 cm³/mol. The lowest BCUT2D eigenvalue weighted by atomic mass is 10.0. The van der Waals surface area contributed by atoms with Crippen molar-refractivity contribution in [1.82, 2.24) is 9.55 Å². The lowest BCUT2D eigenvalue weighted by Crippen LogP contribution is -2.04. The zero-order valence-electron chi connectivity index (χ0n) is 18.5. The SMILES string of the molecule is COc1ccc(-c2nc3ccccc3n2Cc2ccc(-c3ccccc3OC(=O)O)cc2)cc1. The number of carboxylic acid groups (broad SMARTS) is 1. The van der Waals surface area contributed by atoms with Gasteiger partial charge in [-0.25, -0.2) is 9.78 Å². The number of carbonyl (C=O) groups is 1. The van der Waals surface area contributed by atoms with Gasteiger partial charge in [-0.1, -0.05) is 54.6 Å². The summed E-state index contributed by atoms with van der Waals surface area (Å²) in [5.74, 6) is 1.99. The van der Waals surface area contributed by atoms with Crippen molar-refractivity contribution < 1.29 is 19.4 Å². The number of para-hydroxylation sites is 3. The number of nitrogens with zero attached hydrogens (tertiary/aromatic N) is 2. The molecule has 0 saturated heterocycles. The lowest BCUT2D eigenvalue weighted by Gasteiger charge is -2.12. The van der Waals surface area contributed by atoms with Gasteiger partial charge in [0.15, 0.2) is 0 Å². The van der Waals surface area contributed by atoms with E-state index >= 15 is 0 Å². The number of hydrogen-bond donors (Lipinski definition) is 1. The van der Waals surface area contributed by atoms with Crippen molar-refractivity contribution in [3.63, 3.8) is 0 Å². The number of ether oxygens (including phenoxy) is 2. The molecule has 0 bridgehead atoms. The van der Waals surface area contributed by atoms with Crippen LogP contribution in [0.5, 0.6) is 11.5 Å². The molecule has 0 atom stereocenters. The van der Waals surface area contributed by atoms with E-state index in [2.05, 4.69) is 10.6 Å². The van der Waals surface area contributed by atoms with Gasteiger partial charge >= 0.3 is 6.16 Å². The van der Waals surface area contributed by atoms with Crippen LogP contribution in [0.3, 0.4) is 0 Å². The van der Waals surface area contributed by atoms with Crippen molar-refractivity contribution in [1.29, 1.82) is 0 Å². The number of fused-ring (bicyclic) bond motifs is 1. The average Bonchev–Trinajstić information content (AvgIpc) is 3.23. The van der Waals surface area contributed by atoms with Crippen LogP contribution in [0.2, 0.25) is 0 Å². The quantitative estimate of drug-likeness (QED) is 0.237. The topological polar surface area (TPSA) is 73.6 Å². The van der Waals surface area contributed by atoms with E-state index in [9.17, 15) is 4.79 Å². The van der Waals surface area contributed by atoms with Crippen molar-refractivity contribution in [2.75, 3.05) is 7.11 Å². The average molecular weight is 450 g/mol. The first-order valence-electron chi connectivity index (χ1n) is 10.8. The van der Waals surface area contributed by atoms with Gasteiger partial charge in [0.25, 0.3) is 0 Å². The van der Waals surface area contributed by atoms with Crippen LogP contribution in [-0.4, -0.2) is 27.9 Å². The molecule has 0 saturated carbocycles. The van der Waals surface area contributed by atoms with Crippen LogP contribution in [0.25, 0.3) is 33.5 Å². The van der Waals surface area contributed by atoms with Crippen LogP contribution in [0.15, 0.2) is 97.1 Å². The molecule has 1 N–H and O–H groups in total. The van der Waals surface area contributed by atoms with Gasteiger partial charge in [-0.2, -0.15) is 0 Å². The summed E-state index contributed by atoms with van der Waals surface area (Å²) in [5, 5.41) is 9.02. The Balaban J connectivity index is 1.50. The number of imidazole rings is 1. The molecule has 0 amide bonds. The fourth-order valence-corrected chi connectivity index (χ4v) is 4.06. The molecule has 1 heterocycles. The van der Waals surface area contributed by atoms with Gasteiger partial charge < -0.3 is 19.1 Å². The van der Waals surface area contributed by atoms with E-state index in [1.165, 1.54) is 0 Å². The molecule has 0 radical (unpaired) electrons. The first-order chi connectivity index (χ1) is 16.6. The summed E-state index contributed by atoms with van der Waals surface area (Å²) < 4.78 is 12.4. The summed E-state index contributed by atoms with van der Waals surface area (Å²) in [6, 6.07) is 31.1. The molecular weight excluding hydrogens is 428 g/mol. The second kappa shape index (κ2) is 9.11. The summed E-state index contributed by atoms with van der Waals surface area (Å²) in [5.41, 5.74) is 5.70. The molecule has 5 rings (SSSR count). The summed E-state index contributed by atoms with van der Waals surface area (Å²) in [7, 11) is 1.65. The van der Waals surface area contributed by atoms with Crippen molar-refractivity contribution in [3.8, 4) is 34.0 Å². The van der Waals surface area contributed by atoms with Crippen molar-refractivity contribution >= 4 is 17.2 Å².